The van der Waals surface area contributed by atoms with Gasteiger partial charge in [-0.3, -0.25) is 4.79 Å². The molecule has 1 atom stereocenters. The van der Waals surface area contributed by atoms with E-state index in [0.29, 0.717) is 60.4 Å². The summed E-state index contributed by atoms with van der Waals surface area (Å²) in [5.74, 6) is 2.26. The molecule has 4 heterocycles. The van der Waals surface area contributed by atoms with Crippen molar-refractivity contribution in [3.63, 3.8) is 0 Å². The highest BCUT2D eigenvalue weighted by atomic mass is 16.5. The van der Waals surface area contributed by atoms with Gasteiger partial charge in [0.1, 0.15) is 18.1 Å². The van der Waals surface area contributed by atoms with Crippen LogP contribution >= 0.6 is 0 Å². The number of anilines is 1. The molecule has 2 fully saturated rings. The van der Waals surface area contributed by atoms with Gasteiger partial charge in [-0.15, -0.1) is 0 Å². The fourth-order valence-corrected chi connectivity index (χ4v) is 9.12. The molecule has 1 amide bonds. The van der Waals surface area contributed by atoms with Crippen LogP contribution in [-0.4, -0.2) is 102 Å². The Morgan fingerprint density at radius 2 is 1.56 bits per heavy atom. The third-order valence-electron chi connectivity index (χ3n) is 12.4. The minimum absolute atomic E-state index is 0.0620. The minimum Gasteiger partial charge on any atom is -0.493 e. The van der Waals surface area contributed by atoms with Crippen LogP contribution in [0.5, 0.6) is 17.2 Å². The van der Waals surface area contributed by atoms with Crippen LogP contribution in [-0.2, 0) is 25.0 Å². The van der Waals surface area contributed by atoms with Gasteiger partial charge in [-0.05, 0) is 85.3 Å². The Balaban J connectivity index is 0.973. The number of aliphatic hydroxyl groups is 1. The average Bonchev–Trinajstić information content (AvgIpc) is 4.04. The number of imidazole rings is 1. The molecule has 0 spiro atoms. The Morgan fingerprint density at radius 1 is 0.852 bits per heavy atom. The Hall–Kier alpha value is -6.31. The number of fused-ring (bicyclic) bond motifs is 1. The van der Waals surface area contributed by atoms with Crippen molar-refractivity contribution >= 4 is 28.9 Å². The second-order valence-electron chi connectivity index (χ2n) is 16.0. The summed E-state index contributed by atoms with van der Waals surface area (Å²) >= 11 is 0. The number of likely N-dealkylation sites (tertiary alicyclic amines) is 2. The first-order valence-electron chi connectivity index (χ1n) is 20.8. The molecule has 2 aromatic heterocycles. The summed E-state index contributed by atoms with van der Waals surface area (Å²) in [6.45, 7) is 4.20. The fraction of sp³-hybridized carbons (Fsp3) is 0.354. The van der Waals surface area contributed by atoms with Crippen LogP contribution in [0.15, 0.2) is 101 Å². The third kappa shape index (κ3) is 8.66. The van der Waals surface area contributed by atoms with Crippen LogP contribution < -0.4 is 19.5 Å². The minimum atomic E-state index is -0.956. The van der Waals surface area contributed by atoms with Crippen molar-refractivity contribution in [2.24, 2.45) is 0 Å². The van der Waals surface area contributed by atoms with Gasteiger partial charge >= 0.3 is 5.97 Å². The zero-order chi connectivity index (χ0) is 42.5. The number of piperidine rings is 1. The number of furan rings is 1. The number of rotatable bonds is 16. The Kier molecular flexibility index (Phi) is 12.3. The van der Waals surface area contributed by atoms with E-state index in [0.717, 1.165) is 73.4 Å². The first kappa shape index (κ1) is 41.4. The molecule has 2 aliphatic heterocycles. The zero-order valence-electron chi connectivity index (χ0n) is 34.9. The maximum atomic E-state index is 14.0. The zero-order valence-corrected chi connectivity index (χ0v) is 34.9. The second kappa shape index (κ2) is 18.1. The number of methoxy groups -OCH3 is 3. The van der Waals surface area contributed by atoms with Gasteiger partial charge in [-0.1, -0.05) is 60.7 Å². The lowest BCUT2D eigenvalue weighted by Gasteiger charge is -2.36. The highest BCUT2D eigenvalue weighted by Crippen LogP contribution is 2.42. The van der Waals surface area contributed by atoms with E-state index in [2.05, 4.69) is 39.0 Å². The number of nitrogens with zero attached hydrogens (tertiary/aromatic N) is 4. The van der Waals surface area contributed by atoms with Crippen LogP contribution in [0.25, 0.3) is 11.0 Å². The highest BCUT2D eigenvalue weighted by Gasteiger charge is 2.42. The quantitative estimate of drug-likeness (QED) is 0.0907. The van der Waals surface area contributed by atoms with E-state index >= 15 is 0 Å². The summed E-state index contributed by atoms with van der Waals surface area (Å²) < 4.78 is 24.6. The second-order valence-corrected chi connectivity index (χ2v) is 16.0. The van der Waals surface area contributed by atoms with Crippen molar-refractivity contribution in [2.45, 2.75) is 56.7 Å². The molecule has 61 heavy (non-hydrogen) atoms. The maximum absolute atomic E-state index is 14.0. The third-order valence-corrected chi connectivity index (χ3v) is 12.4. The van der Waals surface area contributed by atoms with Gasteiger partial charge in [0.05, 0.1) is 44.5 Å². The van der Waals surface area contributed by atoms with Gasteiger partial charge in [-0.25, -0.2) is 9.78 Å². The molecule has 6 aromatic rings. The number of carbonyl (C=O) groups is 2. The molecule has 4 aromatic carbocycles. The molecule has 318 valence electrons. The lowest BCUT2D eigenvalue weighted by molar-refractivity contribution is 0.0695. The van der Waals surface area contributed by atoms with Gasteiger partial charge < -0.3 is 48.5 Å². The molecule has 0 aliphatic carbocycles. The number of ether oxygens (including phenoxy) is 3. The number of carboxylic acids is 1. The summed E-state index contributed by atoms with van der Waals surface area (Å²) in [6.07, 6.45) is 4.03. The van der Waals surface area contributed by atoms with E-state index in [1.807, 2.05) is 47.4 Å². The van der Waals surface area contributed by atoms with Gasteiger partial charge in [0.2, 0.25) is 11.7 Å². The summed E-state index contributed by atoms with van der Waals surface area (Å²) in [5, 5.41) is 23.3. The van der Waals surface area contributed by atoms with Crippen molar-refractivity contribution in [1.82, 2.24) is 19.4 Å². The molecule has 13 nitrogen and oxygen atoms in total. The van der Waals surface area contributed by atoms with Crippen LogP contribution in [0.3, 0.4) is 0 Å². The Labute approximate surface area is 355 Å². The number of carbonyl (C=O) groups excluding carboxylic acids is 1. The number of hydrogen-bond acceptors (Lipinski definition) is 10. The molecular weight excluding hydrogens is 775 g/mol. The number of benzene rings is 4. The predicted molar refractivity (Wildman–Crippen MR) is 232 cm³/mol. The molecule has 3 N–H and O–H groups in total. The van der Waals surface area contributed by atoms with E-state index in [1.54, 1.807) is 51.7 Å². The number of hydrogen-bond donors (Lipinski definition) is 3. The largest absolute Gasteiger partial charge is 0.493 e. The van der Waals surface area contributed by atoms with E-state index in [9.17, 15) is 19.8 Å². The van der Waals surface area contributed by atoms with E-state index in [-0.39, 0.29) is 29.5 Å². The van der Waals surface area contributed by atoms with Crippen LogP contribution in [0.4, 0.5) is 5.95 Å². The van der Waals surface area contributed by atoms with Crippen LogP contribution in [0.1, 0.15) is 74.6 Å². The monoisotopic (exact) mass is 827 g/mol. The standard InChI is InChI=1S/C48H53N5O8/c1-58-41-27-34(28-42(59-2)44(41)60-3)45(55)52-25-21-48(31-52,35-12-5-4-6-13-35)20-24-51-22-18-36(19-23-51)49-47-50-43-33(26-32-10-7-8-14-39(32)46(56)57)11-9-15-40(43)53(47)29-37-16-17-38(30-54)61-37/h4-17,27-28,36,54H,18-26,29-31H2,1-3H3,(H,49,50)(H,56,57). The van der Waals surface area contributed by atoms with Crippen molar-refractivity contribution in [3.05, 3.63) is 136 Å². The number of amides is 1. The Bertz CT molecular complexity index is 2470. The SMILES string of the molecule is COc1cc(C(=O)N2CCC(CCN3CCC(Nc4nc5c(Cc6ccccc6C(=O)O)cccc5n4Cc4ccc(CO)o4)CC3)(c3ccccc3)C2)cc(OC)c1OC. The molecule has 2 aliphatic rings. The van der Waals surface area contributed by atoms with Gasteiger partial charge in [0.25, 0.3) is 5.91 Å². The van der Waals surface area contributed by atoms with Gasteiger partial charge in [-0.2, -0.15) is 0 Å². The predicted octanol–water partition coefficient (Wildman–Crippen LogP) is 7.24. The van der Waals surface area contributed by atoms with Crippen molar-refractivity contribution < 1.29 is 38.4 Å². The molecular formula is C48H53N5O8. The molecule has 2 saturated heterocycles. The molecule has 0 saturated carbocycles. The van der Waals surface area contributed by atoms with E-state index in [1.165, 1.54) is 5.56 Å². The fourth-order valence-electron chi connectivity index (χ4n) is 9.12. The lowest BCUT2D eigenvalue weighted by Crippen LogP contribution is -2.42. The molecule has 13 heteroatoms. The highest BCUT2D eigenvalue weighted by molar-refractivity contribution is 5.96. The van der Waals surface area contributed by atoms with Gasteiger partial charge in [0, 0.05) is 49.6 Å². The summed E-state index contributed by atoms with van der Waals surface area (Å²) in [4.78, 5) is 35.8. The molecule has 0 bridgehead atoms. The first-order chi connectivity index (χ1) is 29.7. The van der Waals surface area contributed by atoms with Crippen LogP contribution in [0, 0.1) is 0 Å². The molecule has 0 radical (unpaired) electrons. The van der Waals surface area contributed by atoms with Gasteiger partial charge in [0.15, 0.2) is 11.5 Å². The summed E-state index contributed by atoms with van der Waals surface area (Å²) in [6, 6.07) is 31.0. The van der Waals surface area contributed by atoms with Crippen molar-refractivity contribution in [3.8, 4) is 17.2 Å². The molecule has 1 unspecified atom stereocenters. The normalized spacial score (nSPS) is 17.1. The number of carboxylic acid groups (broad SMARTS) is 1. The lowest BCUT2D eigenvalue weighted by atomic mass is 9.76. The number of aromatic nitrogens is 2. The smallest absolute Gasteiger partial charge is 0.335 e. The average molecular weight is 828 g/mol. The van der Waals surface area contributed by atoms with Crippen molar-refractivity contribution in [1.29, 1.82) is 0 Å². The maximum Gasteiger partial charge on any atom is 0.335 e. The summed E-state index contributed by atoms with van der Waals surface area (Å²) in [5.41, 5.74) is 5.20. The number of aliphatic hydroxyl groups excluding tert-OH is 1. The van der Waals surface area contributed by atoms with Crippen molar-refractivity contribution in [2.75, 3.05) is 59.4 Å². The van der Waals surface area contributed by atoms with Crippen LogP contribution in [0.2, 0.25) is 0 Å². The van der Waals surface area contributed by atoms with E-state index in [4.69, 9.17) is 23.6 Å². The van der Waals surface area contributed by atoms with E-state index < -0.39 is 5.97 Å². The number of para-hydroxylation sites is 1. The first-order valence-corrected chi connectivity index (χ1v) is 20.8. The topological polar surface area (TPSA) is 152 Å². The Morgan fingerprint density at radius 3 is 2.25 bits per heavy atom. The number of aromatic carboxylic acids is 1. The number of nitrogens with one attached hydrogen (secondary N) is 1. The molecule has 8 rings (SSSR count). The summed E-state index contributed by atoms with van der Waals surface area (Å²) in [7, 11) is 4.66.